The molecule has 4 rings (SSSR count). The van der Waals surface area contributed by atoms with E-state index in [0.717, 1.165) is 47.5 Å². The first-order chi connectivity index (χ1) is 17.5. The topological polar surface area (TPSA) is 113 Å². The Kier molecular flexibility index (Phi) is 8.51. The average molecular weight is 507 g/mol. The third-order valence-electron chi connectivity index (χ3n) is 6.15. The second kappa shape index (κ2) is 12.0. The van der Waals surface area contributed by atoms with Crippen molar-refractivity contribution in [1.82, 2.24) is 9.97 Å². The van der Waals surface area contributed by atoms with E-state index in [1.54, 1.807) is 0 Å². The Hall–Kier alpha value is -3.49. The van der Waals surface area contributed by atoms with Crippen molar-refractivity contribution in [2.75, 3.05) is 28.6 Å². The van der Waals surface area contributed by atoms with Gasteiger partial charge < -0.3 is 21.3 Å². The molecular weight excluding hydrogens is 476 g/mol. The van der Waals surface area contributed by atoms with Gasteiger partial charge in [-0.2, -0.15) is 4.98 Å². The molecule has 0 saturated heterocycles. The Morgan fingerprint density at radius 1 is 1.17 bits per heavy atom. The third kappa shape index (κ3) is 6.19. The molecule has 2 heterocycles. The molecular formula is C27H31ClN6O2. The van der Waals surface area contributed by atoms with Gasteiger partial charge in [0.25, 0.3) is 0 Å². The number of aromatic nitrogens is 2. The number of nitrogens with two attached hydrogens (primary N) is 1. The van der Waals surface area contributed by atoms with Crippen LogP contribution in [-0.4, -0.2) is 34.7 Å². The maximum atomic E-state index is 12.6. The molecule has 0 radical (unpaired) electrons. The van der Waals surface area contributed by atoms with Crippen LogP contribution in [0.2, 0.25) is 5.02 Å². The number of para-hydroxylation sites is 1. The number of hydrogen-bond donors (Lipinski definition) is 3. The van der Waals surface area contributed by atoms with E-state index in [1.165, 1.54) is 6.20 Å². The first kappa shape index (κ1) is 25.6. The van der Waals surface area contributed by atoms with Crippen LogP contribution in [-0.2, 0) is 22.4 Å². The molecule has 0 atom stereocenters. The third-order valence-corrected chi connectivity index (χ3v) is 6.42. The van der Waals surface area contributed by atoms with Crippen molar-refractivity contribution in [3.05, 3.63) is 64.8 Å². The number of amides is 1. The number of Topliss-reactive ketones (excluding diaryl/α,β-unsaturated/α-hetero) is 1. The lowest BCUT2D eigenvalue weighted by Crippen LogP contribution is -2.32. The fourth-order valence-electron chi connectivity index (χ4n) is 4.23. The van der Waals surface area contributed by atoms with Gasteiger partial charge in [0.1, 0.15) is 10.8 Å². The summed E-state index contributed by atoms with van der Waals surface area (Å²) in [6, 6.07) is 13.5. The van der Waals surface area contributed by atoms with Crippen LogP contribution < -0.4 is 21.3 Å². The molecule has 0 spiro atoms. The number of halogens is 1. The highest BCUT2D eigenvalue weighted by Crippen LogP contribution is 2.31. The number of rotatable bonds is 10. The molecule has 36 heavy (non-hydrogen) atoms. The van der Waals surface area contributed by atoms with Crippen molar-refractivity contribution in [1.29, 1.82) is 0 Å². The smallest absolute Gasteiger partial charge is 0.229 e. The highest BCUT2D eigenvalue weighted by Gasteiger charge is 2.22. The Morgan fingerprint density at radius 3 is 2.81 bits per heavy atom. The maximum absolute atomic E-state index is 12.6. The van der Waals surface area contributed by atoms with Crippen molar-refractivity contribution in [3.63, 3.8) is 0 Å². The van der Waals surface area contributed by atoms with Crippen molar-refractivity contribution in [3.8, 4) is 0 Å². The van der Waals surface area contributed by atoms with Gasteiger partial charge in [0.15, 0.2) is 5.82 Å². The lowest BCUT2D eigenvalue weighted by Gasteiger charge is -2.23. The lowest BCUT2D eigenvalue weighted by atomic mass is 10.1. The fourth-order valence-corrected chi connectivity index (χ4v) is 4.36. The minimum atomic E-state index is 0.139. The minimum Gasteiger partial charge on any atom is -0.339 e. The normalized spacial score (nSPS) is 13.2. The van der Waals surface area contributed by atoms with E-state index in [0.29, 0.717) is 49.1 Å². The summed E-state index contributed by atoms with van der Waals surface area (Å²) < 4.78 is 0. The fraction of sp³-hybridized carbons (Fsp3) is 0.333. The highest BCUT2D eigenvalue weighted by molar-refractivity contribution is 6.32. The van der Waals surface area contributed by atoms with Crippen molar-refractivity contribution < 1.29 is 9.59 Å². The monoisotopic (exact) mass is 506 g/mol. The van der Waals surface area contributed by atoms with Crippen LogP contribution in [0.4, 0.5) is 28.8 Å². The van der Waals surface area contributed by atoms with E-state index < -0.39 is 0 Å². The zero-order valence-electron chi connectivity index (χ0n) is 20.4. The van der Waals surface area contributed by atoms with Crippen LogP contribution >= 0.6 is 11.6 Å². The van der Waals surface area contributed by atoms with Gasteiger partial charge in [-0.1, -0.05) is 36.7 Å². The summed E-state index contributed by atoms with van der Waals surface area (Å²) in [5.41, 5.74) is 10.2. The number of fused-ring (bicyclic) bond motifs is 1. The zero-order chi connectivity index (χ0) is 25.5. The largest absolute Gasteiger partial charge is 0.339 e. The first-order valence-corrected chi connectivity index (χ1v) is 12.7. The first-order valence-electron chi connectivity index (χ1n) is 12.3. The molecule has 0 aliphatic carbocycles. The summed E-state index contributed by atoms with van der Waals surface area (Å²) in [5, 5.41) is 6.88. The number of ketones is 1. The second-order valence-corrected chi connectivity index (χ2v) is 9.16. The van der Waals surface area contributed by atoms with Gasteiger partial charge in [0, 0.05) is 42.9 Å². The van der Waals surface area contributed by atoms with Gasteiger partial charge in [-0.25, -0.2) is 4.98 Å². The SMILES string of the molecule is CCC(=O)Cc1ccccc1Nc1nc(Nc2ccc3c(c2)CCCC(=O)N3CCCN)ncc1Cl. The van der Waals surface area contributed by atoms with Crippen LogP contribution in [0.3, 0.4) is 0 Å². The predicted octanol–water partition coefficient (Wildman–Crippen LogP) is 5.16. The van der Waals surface area contributed by atoms with E-state index in [9.17, 15) is 9.59 Å². The van der Waals surface area contributed by atoms with E-state index in [-0.39, 0.29) is 11.7 Å². The maximum Gasteiger partial charge on any atom is 0.229 e. The molecule has 1 aromatic heterocycles. The minimum absolute atomic E-state index is 0.139. The molecule has 1 amide bonds. The summed E-state index contributed by atoms with van der Waals surface area (Å²) >= 11 is 6.39. The van der Waals surface area contributed by atoms with Gasteiger partial charge in [0.2, 0.25) is 11.9 Å². The summed E-state index contributed by atoms with van der Waals surface area (Å²) in [7, 11) is 0. The van der Waals surface area contributed by atoms with Gasteiger partial charge in [-0.3, -0.25) is 9.59 Å². The van der Waals surface area contributed by atoms with Gasteiger partial charge in [0.05, 0.1) is 6.20 Å². The van der Waals surface area contributed by atoms with Crippen LogP contribution in [0, 0.1) is 0 Å². The van der Waals surface area contributed by atoms with Gasteiger partial charge in [-0.15, -0.1) is 0 Å². The van der Waals surface area contributed by atoms with E-state index >= 15 is 0 Å². The van der Waals surface area contributed by atoms with E-state index in [1.807, 2.05) is 54.3 Å². The highest BCUT2D eigenvalue weighted by atomic mass is 35.5. The molecule has 1 aliphatic rings. The molecule has 4 N–H and O–H groups in total. The van der Waals surface area contributed by atoms with Crippen LogP contribution in [0.1, 0.15) is 43.7 Å². The van der Waals surface area contributed by atoms with Crippen molar-refractivity contribution >= 4 is 52.1 Å². The molecule has 1 aliphatic heterocycles. The summed E-state index contributed by atoms with van der Waals surface area (Å²) in [6.45, 7) is 3.02. The molecule has 9 heteroatoms. The standard InChI is InChI=1S/C27H31ClN6O2/c1-2-21(35)16-18-7-3-4-9-23(18)32-26-22(28)17-30-27(33-26)31-20-11-12-24-19(15-20)8-5-10-25(36)34(24)14-6-13-29/h3-4,7,9,11-12,15,17H,2,5-6,8,10,13-14,16,29H2,1H3,(H2,30,31,32,33). The molecule has 0 saturated carbocycles. The zero-order valence-corrected chi connectivity index (χ0v) is 21.1. The molecule has 188 valence electrons. The number of carbonyl (C=O) groups is 2. The van der Waals surface area contributed by atoms with Gasteiger partial charge >= 0.3 is 0 Å². The number of aryl methyl sites for hydroxylation is 1. The summed E-state index contributed by atoms with van der Waals surface area (Å²) in [4.78, 5) is 35.3. The quantitative estimate of drug-likeness (QED) is 0.348. The number of nitrogens with zero attached hydrogens (tertiary/aromatic N) is 3. The molecule has 0 bridgehead atoms. The Labute approximate surface area is 216 Å². The molecule has 0 unspecified atom stereocenters. The van der Waals surface area contributed by atoms with Crippen LogP contribution in [0.25, 0.3) is 0 Å². The van der Waals surface area contributed by atoms with Crippen LogP contribution in [0.5, 0.6) is 0 Å². The second-order valence-electron chi connectivity index (χ2n) is 8.75. The van der Waals surface area contributed by atoms with E-state index in [2.05, 4.69) is 20.6 Å². The Bertz CT molecular complexity index is 1250. The number of carbonyl (C=O) groups excluding carboxylic acids is 2. The molecule has 8 nitrogen and oxygen atoms in total. The number of benzene rings is 2. The molecule has 0 fully saturated rings. The van der Waals surface area contributed by atoms with Gasteiger partial charge in [-0.05, 0) is 61.2 Å². The number of hydrogen-bond acceptors (Lipinski definition) is 7. The van der Waals surface area contributed by atoms with Crippen LogP contribution in [0.15, 0.2) is 48.7 Å². The van der Waals surface area contributed by atoms with E-state index in [4.69, 9.17) is 17.3 Å². The number of nitrogens with one attached hydrogen (secondary N) is 2. The molecule has 3 aromatic rings. The summed E-state index contributed by atoms with van der Waals surface area (Å²) in [5.74, 6) is 1.13. The lowest BCUT2D eigenvalue weighted by molar-refractivity contribution is -0.119. The predicted molar refractivity (Wildman–Crippen MR) is 144 cm³/mol. The average Bonchev–Trinajstić information content (AvgIpc) is 3.03. The Morgan fingerprint density at radius 2 is 2.00 bits per heavy atom. The van der Waals surface area contributed by atoms with Crippen molar-refractivity contribution in [2.45, 2.75) is 45.4 Å². The Balaban J connectivity index is 1.55. The molecule has 2 aromatic carbocycles. The summed E-state index contributed by atoms with van der Waals surface area (Å²) in [6.07, 6.45) is 5.27. The number of anilines is 5. The van der Waals surface area contributed by atoms with Crippen molar-refractivity contribution in [2.24, 2.45) is 5.73 Å².